The highest BCUT2D eigenvalue weighted by molar-refractivity contribution is 7.91. The summed E-state index contributed by atoms with van der Waals surface area (Å²) in [5, 5.41) is 2.01. The van der Waals surface area contributed by atoms with Crippen molar-refractivity contribution in [3.8, 4) is 0 Å². The Balaban J connectivity index is 1.79. The highest BCUT2D eigenvalue weighted by Gasteiger charge is 2.32. The normalized spacial score (nSPS) is 20.5. The number of nitrogens with zero attached hydrogens (tertiary/aromatic N) is 1. The SMILES string of the molecule is O=S1(=O)CCC(N(Cc2cccc(F)c2)Cc2cccs2)C1. The third-order valence-corrected chi connectivity index (χ3v) is 6.55. The van der Waals surface area contributed by atoms with Crippen molar-refractivity contribution in [3.05, 3.63) is 58.0 Å². The molecular weight excluding hydrogens is 321 g/mol. The topological polar surface area (TPSA) is 37.4 Å². The number of hydrogen-bond donors (Lipinski definition) is 0. The van der Waals surface area contributed by atoms with Gasteiger partial charge in [0.25, 0.3) is 0 Å². The van der Waals surface area contributed by atoms with Crippen molar-refractivity contribution < 1.29 is 12.8 Å². The molecule has 1 saturated heterocycles. The summed E-state index contributed by atoms with van der Waals surface area (Å²) in [4.78, 5) is 3.35. The molecule has 1 fully saturated rings. The maximum absolute atomic E-state index is 13.4. The van der Waals surface area contributed by atoms with Gasteiger partial charge < -0.3 is 0 Å². The average Bonchev–Trinajstić information content (AvgIpc) is 3.07. The van der Waals surface area contributed by atoms with E-state index in [0.29, 0.717) is 19.5 Å². The summed E-state index contributed by atoms with van der Waals surface area (Å²) in [5.74, 6) is 0.197. The molecule has 2 aromatic rings. The van der Waals surface area contributed by atoms with Crippen LogP contribution in [0.15, 0.2) is 41.8 Å². The van der Waals surface area contributed by atoms with Crippen LogP contribution in [-0.2, 0) is 22.9 Å². The number of hydrogen-bond acceptors (Lipinski definition) is 4. The lowest BCUT2D eigenvalue weighted by molar-refractivity contribution is 0.196. The highest BCUT2D eigenvalue weighted by atomic mass is 32.2. The van der Waals surface area contributed by atoms with Crippen molar-refractivity contribution in [1.82, 2.24) is 4.90 Å². The molecular formula is C16H18FNO2S2. The van der Waals surface area contributed by atoms with E-state index >= 15 is 0 Å². The van der Waals surface area contributed by atoms with Crippen LogP contribution in [0, 0.1) is 5.82 Å². The van der Waals surface area contributed by atoms with E-state index in [0.717, 1.165) is 5.56 Å². The molecule has 0 spiro atoms. The quantitative estimate of drug-likeness (QED) is 0.840. The molecule has 0 bridgehead atoms. The molecule has 1 aliphatic heterocycles. The Hall–Kier alpha value is -1.24. The standard InChI is InChI=1S/C16H18FNO2S2/c17-14-4-1-3-13(9-14)10-18(11-16-5-2-7-21-16)15-6-8-22(19,20)12-15/h1-5,7,9,15H,6,8,10-12H2. The Morgan fingerprint density at radius 1 is 1.23 bits per heavy atom. The number of halogens is 1. The number of benzene rings is 1. The van der Waals surface area contributed by atoms with Gasteiger partial charge in [0.1, 0.15) is 5.82 Å². The van der Waals surface area contributed by atoms with Gasteiger partial charge in [-0.25, -0.2) is 12.8 Å². The maximum atomic E-state index is 13.4. The number of sulfone groups is 1. The van der Waals surface area contributed by atoms with Gasteiger partial charge in [-0.15, -0.1) is 11.3 Å². The molecule has 0 N–H and O–H groups in total. The van der Waals surface area contributed by atoms with Crippen LogP contribution in [0.4, 0.5) is 4.39 Å². The summed E-state index contributed by atoms with van der Waals surface area (Å²) in [5.41, 5.74) is 0.876. The molecule has 1 aromatic carbocycles. The van der Waals surface area contributed by atoms with Crippen LogP contribution >= 0.6 is 11.3 Å². The maximum Gasteiger partial charge on any atom is 0.151 e. The van der Waals surface area contributed by atoms with E-state index in [9.17, 15) is 12.8 Å². The minimum Gasteiger partial charge on any atom is -0.290 e. The van der Waals surface area contributed by atoms with E-state index in [1.165, 1.54) is 17.0 Å². The van der Waals surface area contributed by atoms with Crippen LogP contribution in [-0.4, -0.2) is 30.9 Å². The van der Waals surface area contributed by atoms with Gasteiger partial charge in [-0.2, -0.15) is 0 Å². The Morgan fingerprint density at radius 3 is 2.73 bits per heavy atom. The average molecular weight is 339 g/mol. The van der Waals surface area contributed by atoms with Crippen LogP contribution in [0.1, 0.15) is 16.9 Å². The minimum atomic E-state index is -2.93. The monoisotopic (exact) mass is 339 g/mol. The second kappa shape index (κ2) is 6.48. The van der Waals surface area contributed by atoms with Gasteiger partial charge in [0.15, 0.2) is 9.84 Å². The van der Waals surface area contributed by atoms with Crippen molar-refractivity contribution in [2.75, 3.05) is 11.5 Å². The molecule has 118 valence electrons. The highest BCUT2D eigenvalue weighted by Crippen LogP contribution is 2.23. The molecule has 1 aliphatic rings. The van der Waals surface area contributed by atoms with E-state index in [4.69, 9.17) is 0 Å². The van der Waals surface area contributed by atoms with Crippen molar-refractivity contribution >= 4 is 21.2 Å². The summed E-state index contributed by atoms with van der Waals surface area (Å²) in [6.07, 6.45) is 0.656. The third-order valence-electron chi connectivity index (χ3n) is 3.94. The predicted molar refractivity (Wildman–Crippen MR) is 87.0 cm³/mol. The summed E-state index contributed by atoms with van der Waals surface area (Å²) in [7, 11) is -2.93. The fourth-order valence-corrected chi connectivity index (χ4v) is 5.34. The fourth-order valence-electron chi connectivity index (χ4n) is 2.85. The van der Waals surface area contributed by atoms with Crippen molar-refractivity contribution in [2.24, 2.45) is 0 Å². The van der Waals surface area contributed by atoms with Gasteiger partial charge in [-0.1, -0.05) is 18.2 Å². The van der Waals surface area contributed by atoms with Crippen molar-refractivity contribution in [1.29, 1.82) is 0 Å². The number of thiophene rings is 1. The van der Waals surface area contributed by atoms with Gasteiger partial charge in [0.2, 0.25) is 0 Å². The molecule has 2 heterocycles. The summed E-state index contributed by atoms with van der Waals surface area (Å²) in [6, 6.07) is 10.6. The zero-order valence-corrected chi connectivity index (χ0v) is 13.7. The van der Waals surface area contributed by atoms with Crippen LogP contribution in [0.5, 0.6) is 0 Å². The lowest BCUT2D eigenvalue weighted by Gasteiger charge is -2.27. The van der Waals surface area contributed by atoms with Crippen molar-refractivity contribution in [3.63, 3.8) is 0 Å². The fraction of sp³-hybridized carbons (Fsp3) is 0.375. The lowest BCUT2D eigenvalue weighted by Crippen LogP contribution is -2.35. The molecule has 1 aromatic heterocycles. The smallest absolute Gasteiger partial charge is 0.151 e. The molecule has 1 unspecified atom stereocenters. The summed E-state index contributed by atoms with van der Waals surface area (Å²) < 4.78 is 36.9. The Kier molecular flexibility index (Phi) is 4.61. The van der Waals surface area contributed by atoms with Crippen LogP contribution < -0.4 is 0 Å². The van der Waals surface area contributed by atoms with Crippen LogP contribution in [0.2, 0.25) is 0 Å². The number of rotatable bonds is 5. The molecule has 0 saturated carbocycles. The first-order chi connectivity index (χ1) is 10.5. The third kappa shape index (κ3) is 3.94. The summed E-state index contributed by atoms with van der Waals surface area (Å²) >= 11 is 1.66. The largest absolute Gasteiger partial charge is 0.290 e. The Bertz CT molecular complexity index is 728. The zero-order chi connectivity index (χ0) is 15.6. The molecule has 3 nitrogen and oxygen atoms in total. The van der Waals surface area contributed by atoms with Crippen molar-refractivity contribution in [2.45, 2.75) is 25.6 Å². The first kappa shape index (κ1) is 15.6. The van der Waals surface area contributed by atoms with Gasteiger partial charge in [-0.05, 0) is 35.6 Å². The van der Waals surface area contributed by atoms with E-state index < -0.39 is 9.84 Å². The molecule has 3 rings (SSSR count). The first-order valence-corrected chi connectivity index (χ1v) is 9.93. The lowest BCUT2D eigenvalue weighted by atomic mass is 10.1. The molecule has 22 heavy (non-hydrogen) atoms. The van der Waals surface area contributed by atoms with Gasteiger partial charge in [-0.3, -0.25) is 4.90 Å². The van der Waals surface area contributed by atoms with Crippen LogP contribution in [0.3, 0.4) is 0 Å². The van der Waals surface area contributed by atoms with E-state index in [1.807, 2.05) is 23.6 Å². The molecule has 0 radical (unpaired) electrons. The molecule has 6 heteroatoms. The second-order valence-corrected chi connectivity index (χ2v) is 8.93. The summed E-state index contributed by atoms with van der Waals surface area (Å²) in [6.45, 7) is 1.27. The van der Waals surface area contributed by atoms with Crippen LogP contribution in [0.25, 0.3) is 0 Å². The van der Waals surface area contributed by atoms with Gasteiger partial charge in [0, 0.05) is 24.0 Å². The Labute approximate surface area is 134 Å². The zero-order valence-electron chi connectivity index (χ0n) is 12.1. The molecule has 1 atom stereocenters. The van der Waals surface area contributed by atoms with E-state index in [1.54, 1.807) is 17.4 Å². The molecule has 0 amide bonds. The van der Waals surface area contributed by atoms with Gasteiger partial charge >= 0.3 is 0 Å². The first-order valence-electron chi connectivity index (χ1n) is 7.23. The van der Waals surface area contributed by atoms with E-state index in [2.05, 4.69) is 4.90 Å². The second-order valence-electron chi connectivity index (χ2n) is 5.67. The minimum absolute atomic E-state index is 0.00960. The Morgan fingerprint density at radius 2 is 2.09 bits per heavy atom. The van der Waals surface area contributed by atoms with Gasteiger partial charge in [0.05, 0.1) is 11.5 Å². The molecule has 0 aliphatic carbocycles. The van der Waals surface area contributed by atoms with E-state index in [-0.39, 0.29) is 23.4 Å². The predicted octanol–water partition coefficient (Wildman–Crippen LogP) is 3.08.